The first-order valence-electron chi connectivity index (χ1n) is 10.6. The number of nitrogens with zero attached hydrogens (tertiary/aromatic N) is 2. The van der Waals surface area contributed by atoms with Crippen LogP contribution < -0.4 is 10.1 Å². The lowest BCUT2D eigenvalue weighted by Gasteiger charge is -2.23. The number of hydrogen-bond acceptors (Lipinski definition) is 4. The Morgan fingerprint density at radius 1 is 0.875 bits per heavy atom. The Balaban J connectivity index is 1.40. The highest BCUT2D eigenvalue weighted by molar-refractivity contribution is 6.31. The number of amides is 1. The number of para-hydroxylation sites is 1. The molecule has 5 rings (SSSR count). The van der Waals surface area contributed by atoms with Crippen LogP contribution in [0.1, 0.15) is 30.7 Å². The zero-order valence-electron chi connectivity index (χ0n) is 18.0. The normalized spacial score (nSPS) is 15.1. The minimum Gasteiger partial charge on any atom is -0.487 e. The maximum absolute atomic E-state index is 12.9. The van der Waals surface area contributed by atoms with Crippen molar-refractivity contribution in [2.75, 3.05) is 0 Å². The van der Waals surface area contributed by atoms with Crippen molar-refractivity contribution < 1.29 is 9.53 Å². The first kappa shape index (κ1) is 19.9. The molecule has 0 atom stereocenters. The molecule has 0 spiro atoms. The fraction of sp³-hybridized carbons (Fsp3) is 0.148. The number of aromatic nitrogens is 2. The number of carbonyl (C=O) groups excluding carboxylic acids is 1. The molecule has 3 heterocycles. The molecule has 1 aliphatic heterocycles. The smallest absolute Gasteiger partial charge is 0.252 e. The van der Waals surface area contributed by atoms with Crippen LogP contribution in [-0.4, -0.2) is 21.4 Å². The molecule has 0 bridgehead atoms. The maximum atomic E-state index is 12.9. The fourth-order valence-electron chi connectivity index (χ4n) is 4.20. The summed E-state index contributed by atoms with van der Waals surface area (Å²) in [7, 11) is 0. The summed E-state index contributed by atoms with van der Waals surface area (Å²) >= 11 is 0. The van der Waals surface area contributed by atoms with Gasteiger partial charge in [0.1, 0.15) is 12.4 Å². The second-order valence-corrected chi connectivity index (χ2v) is 8.37. The van der Waals surface area contributed by atoms with Crippen LogP contribution in [0.5, 0.6) is 5.75 Å². The molecule has 0 saturated heterocycles. The lowest BCUT2D eigenvalue weighted by atomic mass is 9.86. The quantitative estimate of drug-likeness (QED) is 0.491. The van der Waals surface area contributed by atoms with Gasteiger partial charge in [-0.1, -0.05) is 36.4 Å². The molecule has 4 aromatic rings. The predicted octanol–water partition coefficient (Wildman–Crippen LogP) is 5.03. The van der Waals surface area contributed by atoms with Crippen LogP contribution in [0, 0.1) is 0 Å². The Bertz CT molecular complexity index is 1330. The van der Waals surface area contributed by atoms with Gasteiger partial charge in [-0.05, 0) is 66.9 Å². The predicted molar refractivity (Wildman–Crippen MR) is 126 cm³/mol. The van der Waals surface area contributed by atoms with E-state index in [1.165, 1.54) is 0 Å². The number of pyridine rings is 2. The van der Waals surface area contributed by atoms with Gasteiger partial charge in [-0.15, -0.1) is 0 Å². The summed E-state index contributed by atoms with van der Waals surface area (Å²) in [6.45, 7) is 4.41. The lowest BCUT2D eigenvalue weighted by molar-refractivity contribution is -0.115. The van der Waals surface area contributed by atoms with Gasteiger partial charge in [0.05, 0.1) is 22.3 Å². The van der Waals surface area contributed by atoms with Crippen LogP contribution >= 0.6 is 0 Å². The molecule has 0 saturated carbocycles. The molecule has 158 valence electrons. The minimum absolute atomic E-state index is 0.0733. The first-order chi connectivity index (χ1) is 15.5. The van der Waals surface area contributed by atoms with Gasteiger partial charge in [0.15, 0.2) is 0 Å². The summed E-state index contributed by atoms with van der Waals surface area (Å²) in [5, 5.41) is 4.20. The molecule has 5 nitrogen and oxygen atoms in total. The molecule has 0 fully saturated rings. The Kier molecular flexibility index (Phi) is 4.94. The molecule has 0 unspecified atom stereocenters. The standard InChI is InChI=1S/C27H23N3O2/c1-27(2)25(20-13-15-28-16-14-20)24(26(31)30-27)19-8-11-22(12-9-19)32-17-21-10-7-18-5-3-4-6-23(18)29-21/h3-16H,17H2,1-2H3,(H,30,31). The van der Waals surface area contributed by atoms with E-state index in [9.17, 15) is 4.79 Å². The average Bonchev–Trinajstić information content (AvgIpc) is 3.06. The van der Waals surface area contributed by atoms with E-state index in [1.807, 2.05) is 80.6 Å². The Labute approximate surface area is 186 Å². The van der Waals surface area contributed by atoms with Crippen LogP contribution in [0.3, 0.4) is 0 Å². The number of nitrogens with one attached hydrogen (secondary N) is 1. The monoisotopic (exact) mass is 421 g/mol. The van der Waals surface area contributed by atoms with E-state index in [4.69, 9.17) is 4.74 Å². The number of hydrogen-bond donors (Lipinski definition) is 1. The number of rotatable bonds is 5. The average molecular weight is 422 g/mol. The molecule has 0 radical (unpaired) electrons. The summed E-state index contributed by atoms with van der Waals surface area (Å²) in [6, 6.07) is 23.6. The number of benzene rings is 2. The van der Waals surface area contributed by atoms with E-state index in [-0.39, 0.29) is 5.91 Å². The zero-order valence-corrected chi connectivity index (χ0v) is 18.0. The molecule has 1 N–H and O–H groups in total. The third-order valence-electron chi connectivity index (χ3n) is 5.68. The summed E-state index contributed by atoms with van der Waals surface area (Å²) in [5.41, 5.74) is 4.85. The van der Waals surface area contributed by atoms with Crippen LogP contribution in [0.4, 0.5) is 0 Å². The topological polar surface area (TPSA) is 64.1 Å². The van der Waals surface area contributed by atoms with Gasteiger partial charge < -0.3 is 10.1 Å². The van der Waals surface area contributed by atoms with Crippen molar-refractivity contribution in [2.45, 2.75) is 26.0 Å². The third kappa shape index (κ3) is 3.73. The van der Waals surface area contributed by atoms with E-state index in [0.717, 1.165) is 39.0 Å². The van der Waals surface area contributed by atoms with Gasteiger partial charge in [0.25, 0.3) is 5.91 Å². The summed E-state index contributed by atoms with van der Waals surface area (Å²) in [4.78, 5) is 21.6. The lowest BCUT2D eigenvalue weighted by Crippen LogP contribution is -2.37. The van der Waals surface area contributed by atoms with E-state index in [1.54, 1.807) is 12.4 Å². The van der Waals surface area contributed by atoms with Crippen LogP contribution in [-0.2, 0) is 11.4 Å². The first-order valence-corrected chi connectivity index (χ1v) is 10.6. The van der Waals surface area contributed by atoms with E-state index in [0.29, 0.717) is 12.2 Å². The zero-order chi connectivity index (χ0) is 22.1. The van der Waals surface area contributed by atoms with E-state index >= 15 is 0 Å². The van der Waals surface area contributed by atoms with Crippen molar-refractivity contribution in [1.29, 1.82) is 0 Å². The maximum Gasteiger partial charge on any atom is 0.252 e. The summed E-state index contributed by atoms with van der Waals surface area (Å²) < 4.78 is 5.95. The van der Waals surface area contributed by atoms with Gasteiger partial charge in [0, 0.05) is 17.8 Å². The van der Waals surface area contributed by atoms with Gasteiger partial charge in [0.2, 0.25) is 0 Å². The summed E-state index contributed by atoms with van der Waals surface area (Å²) in [5.74, 6) is 0.656. The number of fused-ring (bicyclic) bond motifs is 1. The van der Waals surface area contributed by atoms with Gasteiger partial charge in [-0.25, -0.2) is 4.98 Å². The highest BCUT2D eigenvalue weighted by Crippen LogP contribution is 2.40. The SMILES string of the molecule is CC1(C)NC(=O)C(c2ccc(OCc3ccc4ccccc4n3)cc2)=C1c1ccncc1. The number of ether oxygens (including phenoxy) is 1. The van der Waals surface area contributed by atoms with Crippen molar-refractivity contribution in [3.05, 3.63) is 102 Å². The molecule has 32 heavy (non-hydrogen) atoms. The molecule has 0 aliphatic carbocycles. The van der Waals surface area contributed by atoms with Crippen LogP contribution in [0.15, 0.2) is 85.2 Å². The Morgan fingerprint density at radius 2 is 1.62 bits per heavy atom. The van der Waals surface area contributed by atoms with Crippen molar-refractivity contribution in [2.24, 2.45) is 0 Å². The number of carbonyl (C=O) groups is 1. The van der Waals surface area contributed by atoms with Crippen molar-refractivity contribution >= 4 is 28.0 Å². The molecule has 2 aromatic heterocycles. The third-order valence-corrected chi connectivity index (χ3v) is 5.68. The van der Waals surface area contributed by atoms with Crippen LogP contribution in [0.2, 0.25) is 0 Å². The van der Waals surface area contributed by atoms with E-state index in [2.05, 4.69) is 21.4 Å². The molecule has 5 heteroatoms. The Morgan fingerprint density at radius 3 is 2.41 bits per heavy atom. The molecular formula is C27H23N3O2. The largest absolute Gasteiger partial charge is 0.487 e. The van der Waals surface area contributed by atoms with Crippen molar-refractivity contribution in [3.63, 3.8) is 0 Å². The highest BCUT2D eigenvalue weighted by atomic mass is 16.5. The fourth-order valence-corrected chi connectivity index (χ4v) is 4.20. The van der Waals surface area contributed by atoms with Crippen molar-refractivity contribution in [3.8, 4) is 5.75 Å². The Hall–Kier alpha value is -3.99. The van der Waals surface area contributed by atoms with Gasteiger partial charge in [-0.2, -0.15) is 0 Å². The second kappa shape index (κ2) is 7.93. The van der Waals surface area contributed by atoms with Gasteiger partial charge >= 0.3 is 0 Å². The molecule has 2 aromatic carbocycles. The summed E-state index contributed by atoms with van der Waals surface area (Å²) in [6.07, 6.45) is 3.49. The van der Waals surface area contributed by atoms with Gasteiger partial charge in [-0.3, -0.25) is 9.78 Å². The molecule has 1 amide bonds. The molecule has 1 aliphatic rings. The second-order valence-electron chi connectivity index (χ2n) is 8.37. The van der Waals surface area contributed by atoms with Crippen LogP contribution in [0.25, 0.3) is 22.0 Å². The van der Waals surface area contributed by atoms with Crippen molar-refractivity contribution in [1.82, 2.24) is 15.3 Å². The van der Waals surface area contributed by atoms with E-state index < -0.39 is 5.54 Å². The highest BCUT2D eigenvalue weighted by Gasteiger charge is 2.38. The molecular weight excluding hydrogens is 398 g/mol. The minimum atomic E-state index is -0.468.